The second-order valence-electron chi connectivity index (χ2n) is 7.77. The molecule has 1 aromatic heterocycles. The third-order valence-corrected chi connectivity index (χ3v) is 7.90. The molecule has 1 amide bonds. The van der Waals surface area contributed by atoms with Crippen molar-refractivity contribution >= 4 is 26.9 Å². The van der Waals surface area contributed by atoms with E-state index in [0.717, 1.165) is 10.9 Å². The second kappa shape index (κ2) is 8.26. The van der Waals surface area contributed by atoms with Gasteiger partial charge in [0.1, 0.15) is 5.58 Å². The van der Waals surface area contributed by atoms with Crippen molar-refractivity contribution in [3.63, 3.8) is 0 Å². The van der Waals surface area contributed by atoms with Gasteiger partial charge in [0.15, 0.2) is 0 Å². The largest absolute Gasteiger partial charge is 0.464 e. The molecule has 3 aromatic carbocycles. The van der Waals surface area contributed by atoms with E-state index in [9.17, 15) is 13.2 Å². The summed E-state index contributed by atoms with van der Waals surface area (Å²) in [4.78, 5) is 13.0. The number of benzene rings is 3. The molecule has 4 aromatic rings. The van der Waals surface area contributed by atoms with Crippen molar-refractivity contribution in [2.24, 2.45) is 0 Å². The Morgan fingerprint density at radius 2 is 1.75 bits per heavy atom. The number of hydrogen-bond acceptors (Lipinski definition) is 4. The van der Waals surface area contributed by atoms with Gasteiger partial charge in [-0.05, 0) is 36.2 Å². The maximum Gasteiger partial charge on any atom is 0.252 e. The zero-order valence-electron chi connectivity index (χ0n) is 17.3. The zero-order chi connectivity index (χ0) is 22.1. The van der Waals surface area contributed by atoms with Crippen LogP contribution in [-0.4, -0.2) is 37.8 Å². The Hall–Kier alpha value is -3.42. The van der Waals surface area contributed by atoms with E-state index in [1.165, 1.54) is 4.31 Å². The normalized spacial score (nSPS) is 16.6. The van der Waals surface area contributed by atoms with Crippen LogP contribution in [0.3, 0.4) is 0 Å². The van der Waals surface area contributed by atoms with Crippen LogP contribution in [0.2, 0.25) is 0 Å². The zero-order valence-corrected chi connectivity index (χ0v) is 18.1. The first-order chi connectivity index (χ1) is 15.6. The van der Waals surface area contributed by atoms with E-state index < -0.39 is 10.0 Å². The van der Waals surface area contributed by atoms with Gasteiger partial charge in [-0.3, -0.25) is 4.79 Å². The Morgan fingerprint density at radius 3 is 2.53 bits per heavy atom. The smallest absolute Gasteiger partial charge is 0.252 e. The fraction of sp³-hybridized carbons (Fsp3) is 0.160. The van der Waals surface area contributed by atoms with Crippen molar-refractivity contribution in [1.29, 1.82) is 0 Å². The van der Waals surface area contributed by atoms with Crippen molar-refractivity contribution in [3.8, 4) is 11.1 Å². The predicted molar refractivity (Wildman–Crippen MR) is 123 cm³/mol. The summed E-state index contributed by atoms with van der Waals surface area (Å²) >= 11 is 0. The fourth-order valence-corrected chi connectivity index (χ4v) is 5.99. The van der Waals surface area contributed by atoms with Gasteiger partial charge in [0.25, 0.3) is 5.91 Å². The van der Waals surface area contributed by atoms with Gasteiger partial charge in [-0.2, -0.15) is 4.31 Å². The first kappa shape index (κ1) is 20.5. The average molecular weight is 447 g/mol. The molecule has 1 N–H and O–H groups in total. The summed E-state index contributed by atoms with van der Waals surface area (Å²) in [5.74, 6) is -0.245. The Morgan fingerprint density at radius 1 is 0.969 bits per heavy atom. The number of carbonyl (C=O) groups is 1. The van der Waals surface area contributed by atoms with Gasteiger partial charge in [0.05, 0.1) is 16.7 Å². The number of sulfonamides is 1. The monoisotopic (exact) mass is 446 g/mol. The third-order valence-electron chi connectivity index (χ3n) is 5.89. The van der Waals surface area contributed by atoms with Crippen molar-refractivity contribution in [2.75, 3.05) is 13.1 Å². The molecular formula is C25H22N2O4S. The molecule has 0 aliphatic carbocycles. The molecule has 1 aliphatic rings. The standard InChI is InChI=1S/C25H22N2O4S/c28-25(22-10-6-11-23-21(22)14-16-31-23)26-17-19-13-15-27(19)32(29,30)24-12-5-4-9-20(24)18-7-2-1-3-8-18/h1-12,14,16,19H,13,15,17H2,(H,26,28). The Bertz CT molecular complexity index is 1380. The van der Waals surface area contributed by atoms with E-state index in [1.54, 1.807) is 42.7 Å². The van der Waals surface area contributed by atoms with E-state index in [1.807, 2.05) is 42.5 Å². The molecule has 0 radical (unpaired) electrons. The second-order valence-corrected chi connectivity index (χ2v) is 9.63. The van der Waals surface area contributed by atoms with E-state index in [-0.39, 0.29) is 23.4 Å². The van der Waals surface area contributed by atoms with Crippen LogP contribution in [0, 0.1) is 0 Å². The fourth-order valence-electron chi connectivity index (χ4n) is 4.11. The van der Waals surface area contributed by atoms with Crippen LogP contribution in [0.4, 0.5) is 0 Å². The van der Waals surface area contributed by atoms with Gasteiger partial charge >= 0.3 is 0 Å². The van der Waals surface area contributed by atoms with Crippen LogP contribution in [0.25, 0.3) is 22.1 Å². The van der Waals surface area contributed by atoms with Crippen LogP contribution in [0.5, 0.6) is 0 Å². The first-order valence-electron chi connectivity index (χ1n) is 10.5. The molecule has 162 valence electrons. The molecule has 1 atom stereocenters. The van der Waals surface area contributed by atoms with Crippen LogP contribution in [0.15, 0.2) is 94.4 Å². The molecule has 1 fully saturated rings. The lowest BCUT2D eigenvalue weighted by Crippen LogP contribution is -2.55. The summed E-state index contributed by atoms with van der Waals surface area (Å²) in [5.41, 5.74) is 2.68. The van der Waals surface area contributed by atoms with Gasteiger partial charge < -0.3 is 9.73 Å². The molecule has 0 saturated carbocycles. The van der Waals surface area contributed by atoms with Crippen LogP contribution in [-0.2, 0) is 10.0 Å². The molecule has 0 spiro atoms. The maximum absolute atomic E-state index is 13.5. The summed E-state index contributed by atoms with van der Waals surface area (Å²) < 4.78 is 33.8. The highest BCUT2D eigenvalue weighted by atomic mass is 32.2. The van der Waals surface area contributed by atoms with Crippen molar-refractivity contribution in [3.05, 3.63) is 90.7 Å². The van der Waals surface area contributed by atoms with Gasteiger partial charge in [-0.25, -0.2) is 8.42 Å². The van der Waals surface area contributed by atoms with E-state index in [2.05, 4.69) is 5.32 Å². The molecule has 7 heteroatoms. The van der Waals surface area contributed by atoms with Gasteiger partial charge in [0.2, 0.25) is 10.0 Å². The summed E-state index contributed by atoms with van der Waals surface area (Å²) in [6, 6.07) is 23.3. The summed E-state index contributed by atoms with van der Waals surface area (Å²) in [6.07, 6.45) is 2.24. The SMILES string of the molecule is O=C(NCC1CCN1S(=O)(=O)c1ccccc1-c1ccccc1)c1cccc2occc12. The number of rotatable bonds is 6. The topological polar surface area (TPSA) is 79.6 Å². The first-order valence-corrected chi connectivity index (χ1v) is 11.9. The number of carbonyl (C=O) groups excluding carboxylic acids is 1. The quantitative estimate of drug-likeness (QED) is 0.479. The third kappa shape index (κ3) is 3.59. The van der Waals surface area contributed by atoms with Crippen molar-refractivity contribution < 1.29 is 17.6 Å². The lowest BCUT2D eigenvalue weighted by Gasteiger charge is -2.40. The van der Waals surface area contributed by atoms with E-state index >= 15 is 0 Å². The number of furan rings is 1. The summed E-state index contributed by atoms with van der Waals surface area (Å²) in [5, 5.41) is 3.63. The minimum atomic E-state index is -3.70. The lowest BCUT2D eigenvalue weighted by molar-refractivity contribution is 0.0929. The van der Waals surface area contributed by atoms with E-state index in [4.69, 9.17) is 4.42 Å². The molecule has 0 bridgehead atoms. The number of hydrogen-bond donors (Lipinski definition) is 1. The highest BCUT2D eigenvalue weighted by molar-refractivity contribution is 7.89. The van der Waals surface area contributed by atoms with Crippen LogP contribution in [0.1, 0.15) is 16.8 Å². The van der Waals surface area contributed by atoms with Gasteiger partial charge in [-0.15, -0.1) is 0 Å². The average Bonchev–Trinajstić information content (AvgIpc) is 3.27. The highest BCUT2D eigenvalue weighted by Gasteiger charge is 2.39. The number of nitrogens with one attached hydrogen (secondary N) is 1. The van der Waals surface area contributed by atoms with Crippen LogP contribution >= 0.6 is 0 Å². The molecule has 1 unspecified atom stereocenters. The van der Waals surface area contributed by atoms with Gasteiger partial charge in [0, 0.05) is 30.1 Å². The number of amides is 1. The van der Waals surface area contributed by atoms with Crippen LogP contribution < -0.4 is 5.32 Å². The Labute approximate surface area is 186 Å². The maximum atomic E-state index is 13.5. The minimum absolute atomic E-state index is 0.245. The molecule has 1 saturated heterocycles. The Kier molecular flexibility index (Phi) is 5.28. The summed E-state index contributed by atoms with van der Waals surface area (Å²) in [6.45, 7) is 0.684. The van der Waals surface area contributed by atoms with Crippen molar-refractivity contribution in [1.82, 2.24) is 9.62 Å². The number of nitrogens with zero attached hydrogens (tertiary/aromatic N) is 1. The van der Waals surface area contributed by atoms with Crippen molar-refractivity contribution in [2.45, 2.75) is 17.4 Å². The van der Waals surface area contributed by atoms with E-state index in [0.29, 0.717) is 29.7 Å². The molecule has 1 aliphatic heterocycles. The number of fused-ring (bicyclic) bond motifs is 1. The Balaban J connectivity index is 1.34. The molecular weight excluding hydrogens is 424 g/mol. The molecule has 5 rings (SSSR count). The highest BCUT2D eigenvalue weighted by Crippen LogP contribution is 2.33. The molecule has 32 heavy (non-hydrogen) atoms. The minimum Gasteiger partial charge on any atom is -0.464 e. The molecule has 2 heterocycles. The predicted octanol–water partition coefficient (Wildman–Crippen LogP) is 4.29. The summed E-state index contributed by atoms with van der Waals surface area (Å²) in [7, 11) is -3.70. The molecule has 6 nitrogen and oxygen atoms in total. The lowest BCUT2D eigenvalue weighted by atomic mass is 10.1. The van der Waals surface area contributed by atoms with Gasteiger partial charge in [-0.1, -0.05) is 54.6 Å².